The summed E-state index contributed by atoms with van der Waals surface area (Å²) in [7, 11) is 0. The highest BCUT2D eigenvalue weighted by molar-refractivity contribution is 7.99. The molecule has 3 rings (SSSR count). The van der Waals surface area contributed by atoms with E-state index >= 15 is 0 Å². The fourth-order valence-electron chi connectivity index (χ4n) is 2.41. The van der Waals surface area contributed by atoms with Crippen LogP contribution in [0.15, 0.2) is 24.3 Å². The van der Waals surface area contributed by atoms with Gasteiger partial charge in [0, 0.05) is 6.42 Å². The van der Waals surface area contributed by atoms with Crippen molar-refractivity contribution >= 4 is 34.7 Å². The number of H-pyrrole nitrogens is 1. The number of para-hydroxylation sites is 2. The number of aromatic amines is 1. The number of anilines is 1. The number of benzene rings is 1. The fraction of sp³-hybridized carbons (Fsp3) is 0.429. The van der Waals surface area contributed by atoms with E-state index in [-0.39, 0.29) is 5.91 Å². The number of carbonyl (C=O) groups is 1. The Balaban J connectivity index is 1.62. The van der Waals surface area contributed by atoms with Crippen LogP contribution in [0.3, 0.4) is 0 Å². The minimum Gasteiger partial charge on any atom is -0.324 e. The average Bonchev–Trinajstić information content (AvgIpc) is 2.81. The molecule has 2 aromatic rings. The van der Waals surface area contributed by atoms with E-state index in [1.54, 1.807) is 0 Å². The Hall–Kier alpha value is -1.49. The monoisotopic (exact) mass is 275 g/mol. The molecule has 19 heavy (non-hydrogen) atoms. The van der Waals surface area contributed by atoms with E-state index in [0.29, 0.717) is 18.3 Å². The van der Waals surface area contributed by atoms with E-state index in [9.17, 15) is 4.79 Å². The summed E-state index contributed by atoms with van der Waals surface area (Å²) in [6.45, 7) is 0. The normalized spacial score (nSPS) is 16.6. The zero-order valence-corrected chi connectivity index (χ0v) is 11.5. The van der Waals surface area contributed by atoms with Crippen molar-refractivity contribution in [3.05, 3.63) is 24.3 Å². The number of thioether (sulfide) groups is 1. The summed E-state index contributed by atoms with van der Waals surface area (Å²) in [5, 5.41) is 2.87. The largest absolute Gasteiger partial charge is 0.324 e. The Labute approximate surface area is 116 Å². The predicted octanol–water partition coefficient (Wildman–Crippen LogP) is 3.03. The van der Waals surface area contributed by atoms with Gasteiger partial charge in [0.1, 0.15) is 0 Å². The third kappa shape index (κ3) is 3.10. The maximum absolute atomic E-state index is 12.0. The predicted molar refractivity (Wildman–Crippen MR) is 79.4 cm³/mol. The number of hydrogen-bond donors (Lipinski definition) is 2. The smallest absolute Gasteiger partial charge is 0.226 e. The van der Waals surface area contributed by atoms with Crippen LogP contribution in [0.1, 0.15) is 19.3 Å². The molecule has 1 aliphatic rings. The lowest BCUT2D eigenvalue weighted by Gasteiger charge is -2.20. The van der Waals surface area contributed by atoms with Gasteiger partial charge in [-0.25, -0.2) is 4.98 Å². The second kappa shape index (κ2) is 5.65. The lowest BCUT2D eigenvalue weighted by atomic mass is 9.98. The van der Waals surface area contributed by atoms with Crippen LogP contribution < -0.4 is 5.32 Å². The molecule has 1 aliphatic heterocycles. The molecule has 0 spiro atoms. The van der Waals surface area contributed by atoms with Gasteiger partial charge in [-0.05, 0) is 42.4 Å². The third-order valence-electron chi connectivity index (χ3n) is 3.46. The second-order valence-corrected chi connectivity index (χ2v) is 6.14. The Bertz CT molecular complexity index is 542. The van der Waals surface area contributed by atoms with E-state index in [2.05, 4.69) is 15.3 Å². The lowest BCUT2D eigenvalue weighted by molar-refractivity contribution is -0.117. The number of nitrogens with one attached hydrogen (secondary N) is 2. The number of imidazole rings is 1. The van der Waals surface area contributed by atoms with Crippen molar-refractivity contribution in [3.8, 4) is 0 Å². The van der Waals surface area contributed by atoms with Crippen LogP contribution in [0, 0.1) is 5.92 Å². The number of carbonyl (C=O) groups excluding carboxylic acids is 1. The van der Waals surface area contributed by atoms with Gasteiger partial charge in [-0.2, -0.15) is 11.8 Å². The van der Waals surface area contributed by atoms with Crippen LogP contribution in [-0.4, -0.2) is 27.4 Å². The maximum atomic E-state index is 12.0. The van der Waals surface area contributed by atoms with Crippen molar-refractivity contribution in [2.24, 2.45) is 5.92 Å². The first-order valence-corrected chi connectivity index (χ1v) is 7.79. The van der Waals surface area contributed by atoms with Gasteiger partial charge >= 0.3 is 0 Å². The van der Waals surface area contributed by atoms with Gasteiger partial charge in [0.25, 0.3) is 0 Å². The number of rotatable bonds is 3. The van der Waals surface area contributed by atoms with E-state index in [0.717, 1.165) is 23.9 Å². The number of hydrogen-bond acceptors (Lipinski definition) is 3. The highest BCUT2D eigenvalue weighted by atomic mass is 32.2. The molecule has 0 aliphatic carbocycles. The average molecular weight is 275 g/mol. The quantitative estimate of drug-likeness (QED) is 0.905. The molecule has 1 fully saturated rings. The molecule has 0 unspecified atom stereocenters. The van der Waals surface area contributed by atoms with Crippen molar-refractivity contribution in [3.63, 3.8) is 0 Å². The first-order valence-electron chi connectivity index (χ1n) is 6.63. The molecule has 2 N–H and O–H groups in total. The summed E-state index contributed by atoms with van der Waals surface area (Å²) < 4.78 is 0. The zero-order valence-electron chi connectivity index (χ0n) is 10.7. The Morgan fingerprint density at radius 2 is 2.16 bits per heavy atom. The van der Waals surface area contributed by atoms with Gasteiger partial charge in [0.05, 0.1) is 11.0 Å². The second-order valence-electron chi connectivity index (χ2n) is 4.91. The molecule has 4 nitrogen and oxygen atoms in total. The molecular formula is C14H17N3OS. The minimum atomic E-state index is 0.0657. The summed E-state index contributed by atoms with van der Waals surface area (Å²) in [6, 6.07) is 7.77. The summed E-state index contributed by atoms with van der Waals surface area (Å²) in [6.07, 6.45) is 2.91. The molecule has 1 aromatic heterocycles. The van der Waals surface area contributed by atoms with Crippen LogP contribution in [0.5, 0.6) is 0 Å². The summed E-state index contributed by atoms with van der Waals surface area (Å²) >= 11 is 1.98. The molecular weight excluding hydrogens is 258 g/mol. The van der Waals surface area contributed by atoms with Crippen molar-refractivity contribution in [2.45, 2.75) is 19.3 Å². The molecule has 0 bridgehead atoms. The molecule has 1 amide bonds. The molecule has 2 heterocycles. The van der Waals surface area contributed by atoms with Gasteiger partial charge < -0.3 is 4.98 Å². The number of amides is 1. The molecule has 1 saturated heterocycles. The first-order chi connectivity index (χ1) is 9.31. The van der Waals surface area contributed by atoms with E-state index in [1.165, 1.54) is 11.5 Å². The Morgan fingerprint density at radius 3 is 2.95 bits per heavy atom. The maximum Gasteiger partial charge on any atom is 0.226 e. The van der Waals surface area contributed by atoms with Crippen molar-refractivity contribution in [2.75, 3.05) is 16.8 Å². The van der Waals surface area contributed by atoms with Crippen LogP contribution in [0.4, 0.5) is 5.95 Å². The van der Waals surface area contributed by atoms with Crippen LogP contribution in [0.25, 0.3) is 11.0 Å². The fourth-order valence-corrected chi connectivity index (χ4v) is 3.61. The summed E-state index contributed by atoms with van der Waals surface area (Å²) in [4.78, 5) is 19.5. The SMILES string of the molecule is O=C(CC1CCSCC1)Nc1nc2ccccc2[nH]1. The van der Waals surface area contributed by atoms with Crippen molar-refractivity contribution in [1.82, 2.24) is 9.97 Å². The standard InChI is InChI=1S/C14H17N3OS/c18-13(9-10-5-7-19-8-6-10)17-14-15-11-3-1-2-4-12(11)16-14/h1-4,10H,5-9H2,(H2,15,16,17,18). The Morgan fingerprint density at radius 1 is 1.37 bits per heavy atom. The van der Waals surface area contributed by atoms with Gasteiger partial charge in [-0.3, -0.25) is 10.1 Å². The van der Waals surface area contributed by atoms with Crippen molar-refractivity contribution < 1.29 is 4.79 Å². The van der Waals surface area contributed by atoms with Crippen molar-refractivity contribution in [1.29, 1.82) is 0 Å². The lowest BCUT2D eigenvalue weighted by Crippen LogP contribution is -2.20. The van der Waals surface area contributed by atoms with E-state index in [1.807, 2.05) is 36.0 Å². The molecule has 0 saturated carbocycles. The minimum absolute atomic E-state index is 0.0657. The highest BCUT2D eigenvalue weighted by Crippen LogP contribution is 2.25. The molecule has 0 radical (unpaired) electrons. The van der Waals surface area contributed by atoms with Crippen LogP contribution >= 0.6 is 11.8 Å². The van der Waals surface area contributed by atoms with Crippen LogP contribution in [-0.2, 0) is 4.79 Å². The summed E-state index contributed by atoms with van der Waals surface area (Å²) in [5.74, 6) is 3.52. The molecule has 5 heteroatoms. The zero-order chi connectivity index (χ0) is 13.1. The van der Waals surface area contributed by atoms with Gasteiger partial charge in [-0.1, -0.05) is 12.1 Å². The van der Waals surface area contributed by atoms with Crippen LogP contribution in [0.2, 0.25) is 0 Å². The highest BCUT2D eigenvalue weighted by Gasteiger charge is 2.17. The molecule has 1 aromatic carbocycles. The van der Waals surface area contributed by atoms with Gasteiger partial charge in [-0.15, -0.1) is 0 Å². The molecule has 0 atom stereocenters. The first kappa shape index (κ1) is 12.5. The van der Waals surface area contributed by atoms with E-state index < -0.39 is 0 Å². The molecule has 100 valence electrons. The number of aromatic nitrogens is 2. The summed E-state index contributed by atoms with van der Waals surface area (Å²) in [5.41, 5.74) is 1.83. The Kier molecular flexibility index (Phi) is 3.73. The van der Waals surface area contributed by atoms with Gasteiger partial charge in [0.2, 0.25) is 11.9 Å². The number of nitrogens with zero attached hydrogens (tertiary/aromatic N) is 1. The third-order valence-corrected chi connectivity index (χ3v) is 4.51. The number of fused-ring (bicyclic) bond motifs is 1. The van der Waals surface area contributed by atoms with Gasteiger partial charge in [0.15, 0.2) is 0 Å². The van der Waals surface area contributed by atoms with E-state index in [4.69, 9.17) is 0 Å². The topological polar surface area (TPSA) is 57.8 Å².